The Morgan fingerprint density at radius 2 is 1.74 bits per heavy atom. The van der Waals surface area contributed by atoms with E-state index in [1.165, 1.54) is 12.1 Å². The molecular weight excluding hydrogens is 345 g/mol. The fourth-order valence-electron chi connectivity index (χ4n) is 4.35. The zero-order valence-electron chi connectivity index (χ0n) is 15.6. The zero-order chi connectivity index (χ0) is 19.2. The summed E-state index contributed by atoms with van der Waals surface area (Å²) in [6.07, 6.45) is 0.300. The molecule has 0 aromatic heterocycles. The van der Waals surface area contributed by atoms with E-state index >= 15 is 0 Å². The first kappa shape index (κ1) is 18.2. The minimum atomic E-state index is -0.941. The molecule has 142 valence electrons. The van der Waals surface area contributed by atoms with Crippen LogP contribution in [-0.2, 0) is 4.74 Å². The number of rotatable bonds is 2. The highest BCUT2D eigenvalue weighted by atomic mass is 19.1. The Morgan fingerprint density at radius 1 is 1.07 bits per heavy atom. The number of hydrogen-bond donors (Lipinski definition) is 3. The molecule has 5 heteroatoms. The van der Waals surface area contributed by atoms with Crippen LogP contribution >= 0.6 is 0 Å². The molecular formula is C22H24FNO3. The summed E-state index contributed by atoms with van der Waals surface area (Å²) in [6, 6.07) is 10.3. The highest BCUT2D eigenvalue weighted by Crippen LogP contribution is 2.43. The van der Waals surface area contributed by atoms with Gasteiger partial charge in [0.1, 0.15) is 17.8 Å². The van der Waals surface area contributed by atoms with Crippen molar-refractivity contribution in [1.82, 2.24) is 5.32 Å². The van der Waals surface area contributed by atoms with Crippen LogP contribution in [0.4, 0.5) is 4.39 Å². The van der Waals surface area contributed by atoms with E-state index < -0.39 is 11.8 Å². The molecule has 0 aliphatic carbocycles. The van der Waals surface area contributed by atoms with Gasteiger partial charge in [-0.25, -0.2) is 4.39 Å². The van der Waals surface area contributed by atoms with Crippen molar-refractivity contribution in [3.8, 4) is 11.1 Å². The van der Waals surface area contributed by atoms with Gasteiger partial charge in [0.05, 0.1) is 5.54 Å². The van der Waals surface area contributed by atoms with E-state index in [1.54, 1.807) is 12.1 Å². The number of aliphatic hydroxyl groups excluding tert-OH is 2. The van der Waals surface area contributed by atoms with Crippen molar-refractivity contribution < 1.29 is 19.3 Å². The molecule has 0 saturated carbocycles. The van der Waals surface area contributed by atoms with E-state index in [4.69, 9.17) is 4.74 Å². The first-order valence-corrected chi connectivity index (χ1v) is 9.26. The van der Waals surface area contributed by atoms with Crippen LogP contribution in [0.15, 0.2) is 42.2 Å². The van der Waals surface area contributed by atoms with Gasteiger partial charge in [-0.3, -0.25) is 5.32 Å². The maximum Gasteiger partial charge on any atom is 0.135 e. The fourth-order valence-corrected chi connectivity index (χ4v) is 4.35. The lowest BCUT2D eigenvalue weighted by molar-refractivity contribution is 0.0277. The van der Waals surface area contributed by atoms with E-state index in [1.807, 2.05) is 26.0 Å². The zero-order valence-corrected chi connectivity index (χ0v) is 15.6. The van der Waals surface area contributed by atoms with Gasteiger partial charge >= 0.3 is 0 Å². The lowest BCUT2D eigenvalue weighted by Crippen LogP contribution is -2.49. The van der Waals surface area contributed by atoms with E-state index in [0.717, 1.165) is 27.8 Å². The Balaban J connectivity index is 1.86. The summed E-state index contributed by atoms with van der Waals surface area (Å²) in [6.45, 7) is 5.04. The molecule has 3 N–H and O–H groups in total. The topological polar surface area (TPSA) is 61.7 Å². The van der Waals surface area contributed by atoms with Crippen molar-refractivity contribution in [1.29, 1.82) is 0 Å². The predicted molar refractivity (Wildman–Crippen MR) is 103 cm³/mol. The molecule has 27 heavy (non-hydrogen) atoms. The molecule has 2 aliphatic heterocycles. The third-order valence-corrected chi connectivity index (χ3v) is 5.84. The van der Waals surface area contributed by atoms with Gasteiger partial charge in [-0.15, -0.1) is 0 Å². The Kier molecular flexibility index (Phi) is 4.54. The molecule has 4 nitrogen and oxygen atoms in total. The standard InChI is InChI=1S/C22H24FNO3/c1-13-3-8-17(15-4-6-16(23)7-5-15)14(2)18(13)19-20(25)22(24-21(19)26)9-11-27-12-10-22/h3-8,21,24-26H,9-12H2,1-2H3. The van der Waals surface area contributed by atoms with Gasteiger partial charge in [0.15, 0.2) is 0 Å². The molecule has 0 bridgehead atoms. The first-order chi connectivity index (χ1) is 12.9. The minimum absolute atomic E-state index is 0.209. The molecule has 0 radical (unpaired) electrons. The maximum absolute atomic E-state index is 13.3. The maximum atomic E-state index is 13.3. The van der Waals surface area contributed by atoms with Crippen LogP contribution in [0.2, 0.25) is 0 Å². The van der Waals surface area contributed by atoms with Gasteiger partial charge in [0, 0.05) is 18.8 Å². The predicted octanol–water partition coefficient (Wildman–Crippen LogP) is 3.85. The monoisotopic (exact) mass is 369 g/mol. The smallest absolute Gasteiger partial charge is 0.135 e. The molecule has 1 fully saturated rings. The Bertz CT molecular complexity index is 899. The number of halogens is 1. The summed E-state index contributed by atoms with van der Waals surface area (Å²) < 4.78 is 18.7. The second-order valence-corrected chi connectivity index (χ2v) is 7.44. The third kappa shape index (κ3) is 2.96. The summed E-state index contributed by atoms with van der Waals surface area (Å²) in [5, 5.41) is 25.0. The first-order valence-electron chi connectivity index (χ1n) is 9.26. The average molecular weight is 369 g/mol. The summed E-state index contributed by atoms with van der Waals surface area (Å²) in [7, 11) is 0. The van der Waals surface area contributed by atoms with Gasteiger partial charge in [0.2, 0.25) is 0 Å². The lowest BCUT2D eigenvalue weighted by Gasteiger charge is -2.34. The second-order valence-electron chi connectivity index (χ2n) is 7.44. The number of nitrogens with one attached hydrogen (secondary N) is 1. The minimum Gasteiger partial charge on any atom is -0.510 e. The van der Waals surface area contributed by atoms with Crippen LogP contribution < -0.4 is 5.32 Å². The molecule has 1 unspecified atom stereocenters. The van der Waals surface area contributed by atoms with E-state index in [9.17, 15) is 14.6 Å². The van der Waals surface area contributed by atoms with Crippen molar-refractivity contribution in [2.75, 3.05) is 13.2 Å². The van der Waals surface area contributed by atoms with Crippen molar-refractivity contribution in [3.05, 3.63) is 64.7 Å². The number of aliphatic hydroxyl groups is 2. The molecule has 2 heterocycles. The number of aryl methyl sites for hydroxylation is 1. The fraction of sp³-hybridized carbons (Fsp3) is 0.364. The van der Waals surface area contributed by atoms with Crippen molar-refractivity contribution >= 4 is 5.57 Å². The number of ether oxygens (including phenoxy) is 1. The van der Waals surface area contributed by atoms with Crippen LogP contribution in [0, 0.1) is 19.7 Å². The quantitative estimate of drug-likeness (QED) is 0.753. The summed E-state index contributed by atoms with van der Waals surface area (Å²) in [4.78, 5) is 0. The molecule has 0 amide bonds. The number of benzene rings is 2. The second kappa shape index (κ2) is 6.75. The van der Waals surface area contributed by atoms with Crippen molar-refractivity contribution in [3.63, 3.8) is 0 Å². The van der Waals surface area contributed by atoms with Crippen LogP contribution in [0.3, 0.4) is 0 Å². The SMILES string of the molecule is Cc1ccc(-c2ccc(F)cc2)c(C)c1C1=C(O)C2(CCOCC2)NC1O. The van der Waals surface area contributed by atoms with E-state index in [0.29, 0.717) is 31.6 Å². The van der Waals surface area contributed by atoms with E-state index in [-0.39, 0.29) is 11.6 Å². The molecule has 2 aliphatic rings. The highest BCUT2D eigenvalue weighted by molar-refractivity contribution is 5.83. The van der Waals surface area contributed by atoms with Crippen LogP contribution in [0.25, 0.3) is 16.7 Å². The normalized spacial score (nSPS) is 21.9. The molecule has 1 atom stereocenters. The van der Waals surface area contributed by atoms with Gasteiger partial charge in [-0.2, -0.15) is 0 Å². The largest absolute Gasteiger partial charge is 0.510 e. The van der Waals surface area contributed by atoms with Gasteiger partial charge in [0.25, 0.3) is 0 Å². The van der Waals surface area contributed by atoms with Crippen molar-refractivity contribution in [2.45, 2.75) is 38.5 Å². The van der Waals surface area contributed by atoms with E-state index in [2.05, 4.69) is 5.32 Å². The van der Waals surface area contributed by atoms with Gasteiger partial charge in [-0.1, -0.05) is 24.3 Å². The van der Waals surface area contributed by atoms with Gasteiger partial charge < -0.3 is 14.9 Å². The van der Waals surface area contributed by atoms with Crippen LogP contribution in [0.1, 0.15) is 29.5 Å². The van der Waals surface area contributed by atoms with Crippen LogP contribution in [0.5, 0.6) is 0 Å². The lowest BCUT2D eigenvalue weighted by atomic mass is 9.85. The third-order valence-electron chi connectivity index (χ3n) is 5.84. The highest BCUT2D eigenvalue weighted by Gasteiger charge is 2.47. The Hall–Kier alpha value is -2.21. The molecule has 2 aromatic carbocycles. The summed E-state index contributed by atoms with van der Waals surface area (Å²) in [5.74, 6) is -0.0679. The molecule has 4 rings (SSSR count). The van der Waals surface area contributed by atoms with Gasteiger partial charge in [-0.05, 0) is 66.6 Å². The Morgan fingerprint density at radius 3 is 2.41 bits per heavy atom. The summed E-state index contributed by atoms with van der Waals surface area (Å²) >= 11 is 0. The molecule has 1 spiro atoms. The molecule has 1 saturated heterocycles. The van der Waals surface area contributed by atoms with Crippen LogP contribution in [-0.4, -0.2) is 35.2 Å². The van der Waals surface area contributed by atoms with Crippen molar-refractivity contribution in [2.24, 2.45) is 0 Å². The average Bonchev–Trinajstić information content (AvgIpc) is 2.88. The Labute approximate surface area is 158 Å². The summed E-state index contributed by atoms with van der Waals surface area (Å²) in [5.41, 5.74) is 4.54. The molecule has 2 aromatic rings. The number of hydrogen-bond acceptors (Lipinski definition) is 4.